The molecular weight excluding hydrogens is 352 g/mol. The molecule has 0 saturated carbocycles. The van der Waals surface area contributed by atoms with Gasteiger partial charge in [0.25, 0.3) is 5.91 Å². The van der Waals surface area contributed by atoms with E-state index < -0.39 is 6.10 Å². The van der Waals surface area contributed by atoms with Crippen molar-refractivity contribution in [1.29, 1.82) is 5.26 Å². The molecule has 0 aliphatic heterocycles. The first-order valence-corrected chi connectivity index (χ1v) is 8.76. The van der Waals surface area contributed by atoms with Crippen LogP contribution < -0.4 is 11.1 Å². The third-order valence-corrected chi connectivity index (χ3v) is 4.45. The van der Waals surface area contributed by atoms with E-state index in [1.165, 1.54) is 0 Å². The van der Waals surface area contributed by atoms with Gasteiger partial charge in [0.1, 0.15) is 6.07 Å². The average Bonchev–Trinajstić information content (AvgIpc) is 2.69. The number of nitrogens with one attached hydrogen (secondary N) is 1. The maximum atomic E-state index is 12.4. The van der Waals surface area contributed by atoms with E-state index in [1.807, 2.05) is 0 Å². The largest absolute Gasteiger partial charge is 0.397 e. The third-order valence-electron chi connectivity index (χ3n) is 4.45. The van der Waals surface area contributed by atoms with Crippen molar-refractivity contribution < 1.29 is 9.90 Å². The van der Waals surface area contributed by atoms with E-state index >= 15 is 0 Å². The molecule has 0 bridgehead atoms. The molecule has 1 atom stereocenters. The Hall–Kier alpha value is -3.69. The normalized spacial score (nSPS) is 11.5. The van der Waals surface area contributed by atoms with Crippen LogP contribution in [0, 0.1) is 18.3 Å². The van der Waals surface area contributed by atoms with Crippen molar-refractivity contribution >= 4 is 17.3 Å². The molecule has 0 radical (unpaired) electrons. The molecule has 140 valence electrons. The van der Waals surface area contributed by atoms with Crippen molar-refractivity contribution in [3.63, 3.8) is 0 Å². The van der Waals surface area contributed by atoms with Gasteiger partial charge in [0.2, 0.25) is 0 Å². The van der Waals surface area contributed by atoms with Crippen LogP contribution >= 0.6 is 0 Å². The van der Waals surface area contributed by atoms with Crippen LogP contribution in [-0.4, -0.2) is 16.0 Å². The number of aliphatic hydroxyl groups is 1. The second kappa shape index (κ2) is 7.91. The van der Waals surface area contributed by atoms with Crippen molar-refractivity contribution in [3.05, 3.63) is 77.0 Å². The summed E-state index contributed by atoms with van der Waals surface area (Å²) in [4.78, 5) is 16.9. The van der Waals surface area contributed by atoms with Gasteiger partial charge in [0.15, 0.2) is 0 Å². The number of hydrogen-bond acceptors (Lipinski definition) is 5. The third kappa shape index (κ3) is 3.85. The Bertz CT molecular complexity index is 1070. The first-order chi connectivity index (χ1) is 13.4. The fraction of sp³-hybridized carbons (Fsp3) is 0.136. The second-order valence-corrected chi connectivity index (χ2v) is 6.47. The molecule has 0 saturated heterocycles. The Balaban J connectivity index is 1.89. The highest BCUT2D eigenvalue weighted by Crippen LogP contribution is 2.27. The molecule has 0 aliphatic rings. The summed E-state index contributed by atoms with van der Waals surface area (Å²) in [7, 11) is 0. The van der Waals surface area contributed by atoms with Gasteiger partial charge < -0.3 is 16.2 Å². The maximum Gasteiger partial charge on any atom is 0.255 e. The SMILES string of the molecule is Cc1nc(-c2ccc(C(=O)Nc3ccccc3N)cc2)c(C#N)cc1C(C)O. The molecule has 1 aromatic heterocycles. The molecular formula is C22H20N4O2. The number of pyridine rings is 1. The number of aliphatic hydroxyl groups excluding tert-OH is 1. The number of anilines is 2. The van der Waals surface area contributed by atoms with Crippen LogP contribution in [0.5, 0.6) is 0 Å². The molecule has 0 aliphatic carbocycles. The highest BCUT2D eigenvalue weighted by molar-refractivity contribution is 6.05. The van der Waals surface area contributed by atoms with E-state index in [2.05, 4.69) is 16.4 Å². The van der Waals surface area contributed by atoms with Crippen LogP contribution in [0.3, 0.4) is 0 Å². The number of benzene rings is 2. The summed E-state index contributed by atoms with van der Waals surface area (Å²) in [5.74, 6) is -0.279. The predicted octanol–water partition coefficient (Wildman–Crippen LogP) is 3.82. The number of nitrogens with zero attached hydrogens (tertiary/aromatic N) is 2. The summed E-state index contributed by atoms with van der Waals surface area (Å²) in [6.45, 7) is 3.43. The number of aryl methyl sites for hydroxylation is 1. The van der Waals surface area contributed by atoms with E-state index in [0.29, 0.717) is 45.0 Å². The van der Waals surface area contributed by atoms with E-state index in [-0.39, 0.29) is 5.91 Å². The average molecular weight is 372 g/mol. The van der Waals surface area contributed by atoms with Gasteiger partial charge in [0.05, 0.1) is 28.7 Å². The number of nitriles is 1. The summed E-state index contributed by atoms with van der Waals surface area (Å²) in [5, 5.41) is 22.1. The summed E-state index contributed by atoms with van der Waals surface area (Å²) >= 11 is 0. The lowest BCUT2D eigenvalue weighted by atomic mass is 10.00. The van der Waals surface area contributed by atoms with Crippen molar-refractivity contribution in [3.8, 4) is 17.3 Å². The molecule has 6 heteroatoms. The highest BCUT2D eigenvalue weighted by atomic mass is 16.3. The Labute approximate surface area is 163 Å². The lowest BCUT2D eigenvalue weighted by Gasteiger charge is -2.12. The van der Waals surface area contributed by atoms with Gasteiger partial charge in [0, 0.05) is 22.4 Å². The van der Waals surface area contributed by atoms with Gasteiger partial charge in [-0.05, 0) is 44.2 Å². The number of nitrogens with two attached hydrogens (primary N) is 1. The standard InChI is InChI=1S/C22H20N4O2/c1-13-18(14(2)27)11-17(12-23)21(25-13)15-7-9-16(10-8-15)22(28)26-20-6-4-3-5-19(20)24/h3-11,14,27H,24H2,1-2H3,(H,26,28). The van der Waals surface area contributed by atoms with E-state index in [0.717, 1.165) is 0 Å². The van der Waals surface area contributed by atoms with E-state index in [4.69, 9.17) is 5.73 Å². The van der Waals surface area contributed by atoms with Crippen LogP contribution in [0.25, 0.3) is 11.3 Å². The van der Waals surface area contributed by atoms with Gasteiger partial charge >= 0.3 is 0 Å². The fourth-order valence-corrected chi connectivity index (χ4v) is 2.93. The van der Waals surface area contributed by atoms with Crippen LogP contribution in [0.1, 0.15) is 40.2 Å². The summed E-state index contributed by atoms with van der Waals surface area (Å²) in [6, 6.07) is 17.6. The topological polar surface area (TPSA) is 112 Å². The number of rotatable bonds is 4. The first kappa shape index (κ1) is 19.1. The minimum absolute atomic E-state index is 0.279. The lowest BCUT2D eigenvalue weighted by molar-refractivity contribution is 0.102. The molecule has 0 fully saturated rings. The smallest absolute Gasteiger partial charge is 0.255 e. The zero-order valence-corrected chi connectivity index (χ0v) is 15.6. The number of amides is 1. The second-order valence-electron chi connectivity index (χ2n) is 6.47. The van der Waals surface area contributed by atoms with Gasteiger partial charge in [-0.2, -0.15) is 5.26 Å². The first-order valence-electron chi connectivity index (χ1n) is 8.76. The molecule has 2 aromatic carbocycles. The van der Waals surface area contributed by atoms with Crippen molar-refractivity contribution in [2.75, 3.05) is 11.1 Å². The summed E-state index contributed by atoms with van der Waals surface area (Å²) in [5.41, 5.74) is 10.2. The van der Waals surface area contributed by atoms with Crippen LogP contribution in [0.15, 0.2) is 54.6 Å². The van der Waals surface area contributed by atoms with E-state index in [9.17, 15) is 15.2 Å². The maximum absolute atomic E-state index is 12.4. The Morgan fingerprint density at radius 3 is 2.50 bits per heavy atom. The van der Waals surface area contributed by atoms with Gasteiger partial charge in [-0.25, -0.2) is 0 Å². The lowest BCUT2D eigenvalue weighted by Crippen LogP contribution is -2.13. The Morgan fingerprint density at radius 2 is 1.89 bits per heavy atom. The number of hydrogen-bond donors (Lipinski definition) is 3. The van der Waals surface area contributed by atoms with Crippen molar-refractivity contribution in [2.45, 2.75) is 20.0 Å². The summed E-state index contributed by atoms with van der Waals surface area (Å²) < 4.78 is 0. The van der Waals surface area contributed by atoms with Crippen molar-refractivity contribution in [2.24, 2.45) is 0 Å². The molecule has 6 nitrogen and oxygen atoms in total. The minimum Gasteiger partial charge on any atom is -0.397 e. The quantitative estimate of drug-likeness (QED) is 0.603. The summed E-state index contributed by atoms with van der Waals surface area (Å²) in [6.07, 6.45) is -0.704. The number of aromatic nitrogens is 1. The van der Waals surface area contributed by atoms with Gasteiger partial charge in [-0.1, -0.05) is 24.3 Å². The number of carbonyl (C=O) groups is 1. The molecule has 3 rings (SSSR count). The Morgan fingerprint density at radius 1 is 1.21 bits per heavy atom. The molecule has 1 unspecified atom stereocenters. The highest BCUT2D eigenvalue weighted by Gasteiger charge is 2.15. The van der Waals surface area contributed by atoms with Crippen molar-refractivity contribution in [1.82, 2.24) is 4.98 Å². The van der Waals surface area contributed by atoms with Crippen LogP contribution in [-0.2, 0) is 0 Å². The predicted molar refractivity (Wildman–Crippen MR) is 109 cm³/mol. The molecule has 0 spiro atoms. The number of nitrogen functional groups attached to an aromatic ring is 1. The van der Waals surface area contributed by atoms with Gasteiger partial charge in [-0.3, -0.25) is 9.78 Å². The van der Waals surface area contributed by atoms with Crippen LogP contribution in [0.2, 0.25) is 0 Å². The zero-order chi connectivity index (χ0) is 20.3. The molecule has 28 heavy (non-hydrogen) atoms. The Kier molecular flexibility index (Phi) is 5.39. The fourth-order valence-electron chi connectivity index (χ4n) is 2.93. The monoisotopic (exact) mass is 372 g/mol. The molecule has 1 heterocycles. The van der Waals surface area contributed by atoms with Crippen LogP contribution in [0.4, 0.5) is 11.4 Å². The number of carbonyl (C=O) groups excluding carboxylic acids is 1. The van der Waals surface area contributed by atoms with Gasteiger partial charge in [-0.15, -0.1) is 0 Å². The number of para-hydroxylation sites is 2. The molecule has 4 N–H and O–H groups in total. The minimum atomic E-state index is -0.704. The molecule has 3 aromatic rings. The van der Waals surface area contributed by atoms with E-state index in [1.54, 1.807) is 68.4 Å². The molecule has 1 amide bonds. The zero-order valence-electron chi connectivity index (χ0n) is 15.6.